The molecule has 0 aliphatic carbocycles. The van der Waals surface area contributed by atoms with Crippen LogP contribution in [-0.2, 0) is 16.0 Å². The Balaban J connectivity index is 1.93. The summed E-state index contributed by atoms with van der Waals surface area (Å²) in [5.41, 5.74) is 1.50. The Morgan fingerprint density at radius 2 is 1.86 bits per heavy atom. The molecule has 148 valence electrons. The molecule has 0 bridgehead atoms. The second-order valence-corrected chi connectivity index (χ2v) is 6.49. The summed E-state index contributed by atoms with van der Waals surface area (Å²) in [5, 5.41) is 13.4. The van der Waals surface area contributed by atoms with Gasteiger partial charge in [0.15, 0.2) is 6.10 Å². The number of hydrogen-bond donors (Lipinski definition) is 1. The molecule has 2 aromatic rings. The lowest BCUT2D eigenvalue weighted by Gasteiger charge is -2.15. The van der Waals surface area contributed by atoms with Gasteiger partial charge >= 0.3 is 0 Å². The largest absolute Gasteiger partial charge is 0.481 e. The highest BCUT2D eigenvalue weighted by atomic mass is 16.6. The van der Waals surface area contributed by atoms with Crippen LogP contribution < -0.4 is 10.1 Å². The highest BCUT2D eigenvalue weighted by Gasteiger charge is 2.16. The molecule has 2 amide bonds. The average Bonchev–Trinajstić information content (AvgIpc) is 2.66. The van der Waals surface area contributed by atoms with Crippen LogP contribution >= 0.6 is 0 Å². The van der Waals surface area contributed by atoms with E-state index in [-0.39, 0.29) is 17.5 Å². The summed E-state index contributed by atoms with van der Waals surface area (Å²) < 4.78 is 5.53. The lowest BCUT2D eigenvalue weighted by Crippen LogP contribution is -2.30. The molecule has 1 atom stereocenters. The summed E-state index contributed by atoms with van der Waals surface area (Å²) in [7, 11) is 3.43. The lowest BCUT2D eigenvalue weighted by molar-refractivity contribution is -0.384. The number of aryl methyl sites for hydroxylation is 1. The highest BCUT2D eigenvalue weighted by Crippen LogP contribution is 2.19. The van der Waals surface area contributed by atoms with Crippen molar-refractivity contribution in [2.24, 2.45) is 0 Å². The van der Waals surface area contributed by atoms with Crippen LogP contribution in [0.2, 0.25) is 0 Å². The Kier molecular flexibility index (Phi) is 7.08. The molecule has 0 aliphatic rings. The topological polar surface area (TPSA) is 102 Å². The first-order valence-corrected chi connectivity index (χ1v) is 8.77. The summed E-state index contributed by atoms with van der Waals surface area (Å²) in [6.45, 7) is 1.59. The van der Waals surface area contributed by atoms with Gasteiger partial charge in [-0.1, -0.05) is 12.1 Å². The Morgan fingerprint density at radius 3 is 2.46 bits per heavy atom. The molecule has 2 rings (SSSR count). The lowest BCUT2D eigenvalue weighted by atomic mass is 10.1. The Morgan fingerprint density at radius 1 is 1.18 bits per heavy atom. The summed E-state index contributed by atoms with van der Waals surface area (Å²) in [6, 6.07) is 12.8. The molecule has 0 aliphatic heterocycles. The molecule has 1 unspecified atom stereocenters. The zero-order chi connectivity index (χ0) is 20.7. The van der Waals surface area contributed by atoms with Crippen LogP contribution in [0, 0.1) is 10.1 Å². The van der Waals surface area contributed by atoms with E-state index in [1.165, 1.54) is 24.3 Å². The summed E-state index contributed by atoms with van der Waals surface area (Å²) >= 11 is 0. The molecule has 2 aromatic carbocycles. The summed E-state index contributed by atoms with van der Waals surface area (Å²) in [4.78, 5) is 35.8. The van der Waals surface area contributed by atoms with Crippen LogP contribution in [0.1, 0.15) is 18.9 Å². The van der Waals surface area contributed by atoms with E-state index in [0.717, 1.165) is 5.56 Å². The third-order valence-corrected chi connectivity index (χ3v) is 4.05. The highest BCUT2D eigenvalue weighted by molar-refractivity contribution is 5.94. The van der Waals surface area contributed by atoms with Gasteiger partial charge in [0.1, 0.15) is 5.75 Å². The number of benzene rings is 2. The fourth-order valence-corrected chi connectivity index (χ4v) is 2.43. The van der Waals surface area contributed by atoms with E-state index in [1.807, 2.05) is 18.2 Å². The van der Waals surface area contributed by atoms with Gasteiger partial charge in [0, 0.05) is 38.3 Å². The van der Waals surface area contributed by atoms with E-state index in [9.17, 15) is 19.7 Å². The SMILES string of the molecule is CC(Oc1ccc([N+](=O)[O-])cc1)C(=O)Nc1cccc(CCC(=O)N(C)C)c1. The molecule has 28 heavy (non-hydrogen) atoms. The Hall–Kier alpha value is -3.42. The molecule has 8 nitrogen and oxygen atoms in total. The second-order valence-electron chi connectivity index (χ2n) is 6.49. The minimum atomic E-state index is -0.791. The number of nitro groups is 1. The van der Waals surface area contributed by atoms with E-state index in [4.69, 9.17) is 4.74 Å². The van der Waals surface area contributed by atoms with E-state index in [2.05, 4.69) is 5.32 Å². The number of amides is 2. The van der Waals surface area contributed by atoms with Crippen molar-refractivity contribution in [1.29, 1.82) is 0 Å². The van der Waals surface area contributed by atoms with Crippen molar-refractivity contribution < 1.29 is 19.2 Å². The Bertz CT molecular complexity index is 849. The number of rotatable bonds is 8. The molecular formula is C20H23N3O5. The number of carbonyl (C=O) groups excluding carboxylic acids is 2. The van der Waals surface area contributed by atoms with Gasteiger partial charge in [0.05, 0.1) is 4.92 Å². The molecule has 0 aromatic heterocycles. The minimum absolute atomic E-state index is 0.0413. The van der Waals surface area contributed by atoms with Crippen molar-refractivity contribution in [1.82, 2.24) is 4.90 Å². The maximum absolute atomic E-state index is 12.4. The van der Waals surface area contributed by atoms with Crippen LogP contribution in [0.5, 0.6) is 5.75 Å². The maximum Gasteiger partial charge on any atom is 0.269 e. The van der Waals surface area contributed by atoms with Gasteiger partial charge in [-0.2, -0.15) is 0 Å². The fourth-order valence-electron chi connectivity index (χ4n) is 2.43. The third-order valence-electron chi connectivity index (χ3n) is 4.05. The predicted octanol–water partition coefficient (Wildman–Crippen LogP) is 3.02. The summed E-state index contributed by atoms with van der Waals surface area (Å²) in [6.07, 6.45) is 0.181. The van der Waals surface area contributed by atoms with Crippen molar-refractivity contribution in [3.8, 4) is 5.75 Å². The number of nitrogens with one attached hydrogen (secondary N) is 1. The molecule has 0 spiro atoms. The van der Waals surface area contributed by atoms with Crippen molar-refractivity contribution in [2.75, 3.05) is 19.4 Å². The van der Waals surface area contributed by atoms with Crippen molar-refractivity contribution in [3.05, 3.63) is 64.2 Å². The number of non-ortho nitro benzene ring substituents is 1. The average molecular weight is 385 g/mol. The first-order valence-electron chi connectivity index (χ1n) is 8.77. The molecule has 1 N–H and O–H groups in total. The number of nitro benzene ring substituents is 1. The van der Waals surface area contributed by atoms with Crippen LogP contribution in [0.4, 0.5) is 11.4 Å². The van der Waals surface area contributed by atoms with Gasteiger partial charge in [-0.15, -0.1) is 0 Å². The quantitative estimate of drug-likeness (QED) is 0.556. The van der Waals surface area contributed by atoms with Gasteiger partial charge in [0.25, 0.3) is 11.6 Å². The number of ether oxygens (including phenoxy) is 1. The standard InChI is InChI=1S/C20H23N3O5/c1-14(28-18-10-8-17(9-11-18)23(26)27)20(25)21-16-6-4-5-15(13-16)7-12-19(24)22(2)3/h4-6,8-11,13-14H,7,12H2,1-3H3,(H,21,25). The maximum atomic E-state index is 12.4. The number of nitrogens with zero attached hydrogens (tertiary/aromatic N) is 2. The molecule has 0 fully saturated rings. The van der Waals surface area contributed by atoms with E-state index >= 15 is 0 Å². The summed E-state index contributed by atoms with van der Waals surface area (Å²) in [5.74, 6) is 0.0589. The molecular weight excluding hydrogens is 362 g/mol. The second kappa shape index (κ2) is 9.50. The molecule has 0 saturated heterocycles. The Labute approximate surface area is 163 Å². The number of carbonyl (C=O) groups is 2. The van der Waals surface area contributed by atoms with E-state index < -0.39 is 11.0 Å². The monoisotopic (exact) mass is 385 g/mol. The van der Waals surface area contributed by atoms with E-state index in [1.54, 1.807) is 32.0 Å². The van der Waals surface area contributed by atoms with Crippen LogP contribution in [-0.4, -0.2) is 41.8 Å². The smallest absolute Gasteiger partial charge is 0.269 e. The third kappa shape index (κ3) is 6.08. The van der Waals surface area contributed by atoms with Crippen molar-refractivity contribution in [2.45, 2.75) is 25.9 Å². The number of anilines is 1. The predicted molar refractivity (Wildman–Crippen MR) is 105 cm³/mol. The van der Waals surface area contributed by atoms with Crippen LogP contribution in [0.15, 0.2) is 48.5 Å². The van der Waals surface area contributed by atoms with Gasteiger partial charge in [-0.05, 0) is 43.2 Å². The molecule has 0 saturated carbocycles. The first kappa shape index (κ1) is 20.9. The zero-order valence-corrected chi connectivity index (χ0v) is 16.0. The molecule has 8 heteroatoms. The van der Waals surface area contributed by atoms with Crippen molar-refractivity contribution >= 4 is 23.2 Å². The fraction of sp³-hybridized carbons (Fsp3) is 0.300. The first-order chi connectivity index (χ1) is 13.3. The van der Waals surface area contributed by atoms with Gasteiger partial charge in [-0.25, -0.2) is 0 Å². The van der Waals surface area contributed by atoms with Gasteiger partial charge in [0.2, 0.25) is 5.91 Å². The van der Waals surface area contributed by atoms with Crippen LogP contribution in [0.3, 0.4) is 0 Å². The minimum Gasteiger partial charge on any atom is -0.481 e. The molecule has 0 heterocycles. The molecule has 0 radical (unpaired) electrons. The van der Waals surface area contributed by atoms with Gasteiger partial charge in [-0.3, -0.25) is 19.7 Å². The van der Waals surface area contributed by atoms with Crippen LogP contribution in [0.25, 0.3) is 0 Å². The van der Waals surface area contributed by atoms with Gasteiger partial charge < -0.3 is 15.0 Å². The zero-order valence-electron chi connectivity index (χ0n) is 16.0. The normalized spacial score (nSPS) is 11.4. The van der Waals surface area contributed by atoms with Crippen molar-refractivity contribution in [3.63, 3.8) is 0 Å². The number of hydrogen-bond acceptors (Lipinski definition) is 5. The van der Waals surface area contributed by atoms with E-state index in [0.29, 0.717) is 24.3 Å².